The van der Waals surface area contributed by atoms with Gasteiger partial charge in [0.1, 0.15) is 34.7 Å². The fourth-order valence-corrected chi connectivity index (χ4v) is 3.60. The lowest BCUT2D eigenvalue weighted by molar-refractivity contribution is -0.136. The van der Waals surface area contributed by atoms with Crippen LogP contribution in [0.3, 0.4) is 0 Å². The molecular weight excluding hydrogens is 479 g/mol. The second-order valence-electron chi connectivity index (χ2n) is 6.89. The Labute approximate surface area is 191 Å². The first-order valence-electron chi connectivity index (χ1n) is 9.50. The largest absolute Gasteiger partial charge is 0.482 e. The van der Waals surface area contributed by atoms with Gasteiger partial charge >= 0.3 is 5.97 Å². The summed E-state index contributed by atoms with van der Waals surface area (Å²) in [5.41, 5.74) is 7.51. The molecule has 0 amide bonds. The van der Waals surface area contributed by atoms with E-state index in [2.05, 4.69) is 22.0 Å². The molecule has 0 aromatic heterocycles. The van der Waals surface area contributed by atoms with E-state index in [4.69, 9.17) is 19.9 Å². The van der Waals surface area contributed by atoms with Crippen LogP contribution in [0, 0.1) is 17.1 Å². The van der Waals surface area contributed by atoms with Crippen LogP contribution in [-0.4, -0.2) is 12.6 Å². The summed E-state index contributed by atoms with van der Waals surface area (Å²) in [6.07, 6.45) is 0. The van der Waals surface area contributed by atoms with Crippen LogP contribution in [0.2, 0.25) is 0 Å². The second kappa shape index (κ2) is 9.12. The molecule has 0 spiro atoms. The SMILES string of the molecule is N#CC1=C(N)Oc2cc(OC(=O)COc3ccc(Br)cc3)ccc2C1c1ccc(F)cc1. The fraction of sp³-hybridized carbons (Fsp3) is 0.0833. The Balaban J connectivity index is 1.53. The van der Waals surface area contributed by atoms with Crippen molar-refractivity contribution in [3.63, 3.8) is 0 Å². The second-order valence-corrected chi connectivity index (χ2v) is 7.81. The van der Waals surface area contributed by atoms with Gasteiger partial charge in [-0.15, -0.1) is 0 Å². The lowest BCUT2D eigenvalue weighted by Crippen LogP contribution is -2.21. The summed E-state index contributed by atoms with van der Waals surface area (Å²) in [6.45, 7) is -0.279. The van der Waals surface area contributed by atoms with Crippen LogP contribution in [-0.2, 0) is 4.79 Å². The molecule has 3 aromatic rings. The number of nitriles is 1. The monoisotopic (exact) mass is 494 g/mol. The van der Waals surface area contributed by atoms with Crippen LogP contribution in [0.15, 0.2) is 82.7 Å². The van der Waals surface area contributed by atoms with Crippen LogP contribution in [0.1, 0.15) is 17.0 Å². The van der Waals surface area contributed by atoms with Gasteiger partial charge in [-0.05, 0) is 48.0 Å². The summed E-state index contributed by atoms with van der Waals surface area (Å²) in [5.74, 6) is -0.465. The van der Waals surface area contributed by atoms with Crippen LogP contribution >= 0.6 is 15.9 Å². The molecule has 3 aromatic carbocycles. The van der Waals surface area contributed by atoms with E-state index in [-0.39, 0.29) is 29.6 Å². The smallest absolute Gasteiger partial charge is 0.349 e. The van der Waals surface area contributed by atoms with Crippen molar-refractivity contribution in [1.29, 1.82) is 5.26 Å². The molecule has 1 heterocycles. The van der Waals surface area contributed by atoms with Crippen molar-refractivity contribution < 1.29 is 23.4 Å². The number of carbonyl (C=O) groups is 1. The molecule has 0 radical (unpaired) electrons. The number of hydrogen-bond donors (Lipinski definition) is 1. The molecule has 6 nitrogen and oxygen atoms in total. The van der Waals surface area contributed by atoms with E-state index < -0.39 is 11.9 Å². The number of ether oxygens (including phenoxy) is 3. The van der Waals surface area contributed by atoms with Crippen LogP contribution < -0.4 is 19.9 Å². The van der Waals surface area contributed by atoms with Gasteiger partial charge in [0, 0.05) is 16.1 Å². The first-order valence-corrected chi connectivity index (χ1v) is 10.3. The lowest BCUT2D eigenvalue weighted by atomic mass is 9.83. The first kappa shape index (κ1) is 21.4. The number of fused-ring (bicyclic) bond motifs is 1. The molecule has 1 aliphatic heterocycles. The number of benzene rings is 3. The van der Waals surface area contributed by atoms with Gasteiger partial charge in [0.05, 0.1) is 5.92 Å². The molecule has 0 aliphatic carbocycles. The van der Waals surface area contributed by atoms with Crippen LogP contribution in [0.5, 0.6) is 17.2 Å². The van der Waals surface area contributed by atoms with Gasteiger partial charge in [-0.2, -0.15) is 5.26 Å². The van der Waals surface area contributed by atoms with Crippen molar-refractivity contribution in [2.24, 2.45) is 5.73 Å². The van der Waals surface area contributed by atoms with Crippen molar-refractivity contribution >= 4 is 21.9 Å². The van der Waals surface area contributed by atoms with Crippen molar-refractivity contribution in [2.75, 3.05) is 6.61 Å². The number of esters is 1. The van der Waals surface area contributed by atoms with E-state index in [1.807, 2.05) is 0 Å². The van der Waals surface area contributed by atoms with E-state index in [1.165, 1.54) is 18.2 Å². The molecule has 0 saturated heterocycles. The van der Waals surface area contributed by atoms with Crippen molar-refractivity contribution in [1.82, 2.24) is 0 Å². The van der Waals surface area contributed by atoms with Gasteiger partial charge in [-0.3, -0.25) is 0 Å². The molecule has 1 unspecified atom stereocenters. The number of halogens is 2. The third-order valence-corrected chi connectivity index (χ3v) is 5.32. The van der Waals surface area contributed by atoms with Gasteiger partial charge < -0.3 is 19.9 Å². The molecule has 32 heavy (non-hydrogen) atoms. The van der Waals surface area contributed by atoms with Gasteiger partial charge in [-0.25, -0.2) is 9.18 Å². The van der Waals surface area contributed by atoms with Gasteiger partial charge in [0.2, 0.25) is 5.88 Å². The van der Waals surface area contributed by atoms with E-state index >= 15 is 0 Å². The van der Waals surface area contributed by atoms with Crippen molar-refractivity contribution in [3.05, 3.63) is 99.6 Å². The molecule has 160 valence electrons. The zero-order chi connectivity index (χ0) is 22.7. The number of nitrogens with zero attached hydrogens (tertiary/aromatic N) is 1. The molecule has 0 saturated carbocycles. The van der Waals surface area contributed by atoms with Crippen LogP contribution in [0.4, 0.5) is 4.39 Å². The average Bonchev–Trinajstić information content (AvgIpc) is 2.78. The standard InChI is InChI=1S/C24H16BrFN2O4/c25-15-3-7-17(8-4-15)30-13-22(29)31-18-9-10-19-21(11-18)32-24(28)20(12-27)23(19)14-1-5-16(26)6-2-14/h1-11,23H,13,28H2. The highest BCUT2D eigenvalue weighted by Crippen LogP contribution is 2.43. The molecule has 8 heteroatoms. The number of rotatable bonds is 5. The Bertz CT molecular complexity index is 1230. The van der Waals surface area contributed by atoms with Crippen molar-refractivity contribution in [2.45, 2.75) is 5.92 Å². The van der Waals surface area contributed by atoms with Gasteiger partial charge in [0.25, 0.3) is 0 Å². The number of allylic oxidation sites excluding steroid dienone is 1. The number of carbonyl (C=O) groups excluding carboxylic acids is 1. The Kier molecular flexibility index (Phi) is 6.10. The zero-order valence-electron chi connectivity index (χ0n) is 16.5. The molecule has 1 aliphatic rings. The summed E-state index contributed by atoms with van der Waals surface area (Å²) in [5, 5.41) is 9.59. The molecule has 4 rings (SSSR count). The predicted octanol–water partition coefficient (Wildman–Crippen LogP) is 4.79. The molecule has 2 N–H and O–H groups in total. The minimum atomic E-state index is -0.597. The molecule has 1 atom stereocenters. The maximum Gasteiger partial charge on any atom is 0.349 e. The van der Waals surface area contributed by atoms with Gasteiger partial charge in [-0.1, -0.05) is 34.1 Å². The summed E-state index contributed by atoms with van der Waals surface area (Å²) < 4.78 is 30.6. The number of nitrogens with two attached hydrogens (primary N) is 1. The van der Waals surface area contributed by atoms with E-state index in [9.17, 15) is 14.4 Å². The maximum absolute atomic E-state index is 13.4. The predicted molar refractivity (Wildman–Crippen MR) is 117 cm³/mol. The van der Waals surface area contributed by atoms with E-state index in [0.717, 1.165) is 4.47 Å². The highest BCUT2D eigenvalue weighted by atomic mass is 79.9. The highest BCUT2D eigenvalue weighted by Gasteiger charge is 2.31. The Morgan fingerprint density at radius 2 is 1.78 bits per heavy atom. The Morgan fingerprint density at radius 3 is 2.47 bits per heavy atom. The van der Waals surface area contributed by atoms with E-state index in [0.29, 0.717) is 22.6 Å². The lowest BCUT2D eigenvalue weighted by Gasteiger charge is -2.26. The molecule has 0 bridgehead atoms. The highest BCUT2D eigenvalue weighted by molar-refractivity contribution is 9.10. The third kappa shape index (κ3) is 4.58. The summed E-state index contributed by atoms with van der Waals surface area (Å²) in [4.78, 5) is 12.2. The maximum atomic E-state index is 13.4. The quantitative estimate of drug-likeness (QED) is 0.404. The van der Waals surface area contributed by atoms with Crippen molar-refractivity contribution in [3.8, 4) is 23.3 Å². The zero-order valence-corrected chi connectivity index (χ0v) is 18.1. The Morgan fingerprint density at radius 1 is 1.09 bits per heavy atom. The summed E-state index contributed by atoms with van der Waals surface area (Å²) >= 11 is 3.33. The first-order chi connectivity index (χ1) is 15.4. The third-order valence-electron chi connectivity index (χ3n) is 4.80. The van der Waals surface area contributed by atoms with Gasteiger partial charge in [0.15, 0.2) is 6.61 Å². The topological polar surface area (TPSA) is 94.6 Å². The van der Waals surface area contributed by atoms with E-state index in [1.54, 1.807) is 48.5 Å². The summed E-state index contributed by atoms with van der Waals surface area (Å²) in [7, 11) is 0. The Hall–Kier alpha value is -3.83. The summed E-state index contributed by atoms with van der Waals surface area (Å²) in [6, 6.07) is 19.7. The number of hydrogen-bond acceptors (Lipinski definition) is 6. The normalized spacial score (nSPS) is 14.7. The minimum absolute atomic E-state index is 0.0589. The molecule has 0 fully saturated rings. The average molecular weight is 495 g/mol. The van der Waals surface area contributed by atoms with Crippen LogP contribution in [0.25, 0.3) is 0 Å². The molecular formula is C24H16BrFN2O4. The minimum Gasteiger partial charge on any atom is -0.482 e. The fourth-order valence-electron chi connectivity index (χ4n) is 3.33.